The molecule has 3 nitrogen and oxygen atoms in total. The summed E-state index contributed by atoms with van der Waals surface area (Å²) in [6, 6.07) is 4.97. The summed E-state index contributed by atoms with van der Waals surface area (Å²) in [7, 11) is 0. The Morgan fingerprint density at radius 1 is 1.10 bits per heavy atom. The van der Waals surface area contributed by atoms with Crippen LogP contribution in [0.4, 0.5) is 14.7 Å². The maximum Gasteiger partial charge on any atom is 0.206 e. The van der Waals surface area contributed by atoms with Gasteiger partial charge in [0.1, 0.15) is 11.6 Å². The third-order valence-electron chi connectivity index (χ3n) is 2.93. The van der Waals surface area contributed by atoms with Crippen LogP contribution in [0.1, 0.15) is 0 Å². The largest absolute Gasteiger partial charge is 0.369 e. The van der Waals surface area contributed by atoms with Gasteiger partial charge in [-0.1, -0.05) is 23.2 Å². The Kier molecular flexibility index (Phi) is 3.55. The number of benzene rings is 2. The van der Waals surface area contributed by atoms with E-state index in [1.165, 1.54) is 22.8 Å². The Morgan fingerprint density at radius 2 is 1.81 bits per heavy atom. The van der Waals surface area contributed by atoms with Crippen molar-refractivity contribution >= 4 is 56.1 Å². The molecule has 2 N–H and O–H groups in total. The molecule has 0 saturated heterocycles. The molecule has 2 aromatic carbocycles. The molecule has 0 amide bonds. The summed E-state index contributed by atoms with van der Waals surface area (Å²) in [5, 5.41) is 0.0614. The van der Waals surface area contributed by atoms with Crippen LogP contribution in [0.2, 0.25) is 10.0 Å². The van der Waals surface area contributed by atoms with E-state index < -0.39 is 11.6 Å². The van der Waals surface area contributed by atoms with Crippen molar-refractivity contribution in [2.45, 2.75) is 0 Å². The predicted molar refractivity (Wildman–Crippen MR) is 83.1 cm³/mol. The number of hydrogen-bond donors (Lipinski definition) is 1. The summed E-state index contributed by atoms with van der Waals surface area (Å²) >= 11 is 15.1. The lowest BCUT2D eigenvalue weighted by molar-refractivity contribution is 0.626. The third kappa shape index (κ3) is 2.37. The average molecular weight is 393 g/mol. The molecule has 3 rings (SSSR count). The molecule has 108 valence electrons. The minimum atomic E-state index is -0.599. The number of aromatic nitrogens is 2. The van der Waals surface area contributed by atoms with Crippen molar-refractivity contribution in [2.24, 2.45) is 0 Å². The number of imidazole rings is 1. The van der Waals surface area contributed by atoms with Crippen molar-refractivity contribution < 1.29 is 8.78 Å². The van der Waals surface area contributed by atoms with Gasteiger partial charge in [0.2, 0.25) is 5.95 Å². The van der Waals surface area contributed by atoms with Crippen LogP contribution >= 0.6 is 39.1 Å². The maximum atomic E-state index is 13.5. The standard InChI is InChI=1S/C13H6BrCl2F2N3/c14-6-1-5(17)2-8(16)12(6)21-11-3-7(15)9(18)4-10(11)20-13(21)19/h1-4H,(H2,19,20). The van der Waals surface area contributed by atoms with Gasteiger partial charge in [-0.15, -0.1) is 0 Å². The van der Waals surface area contributed by atoms with Gasteiger partial charge < -0.3 is 5.73 Å². The summed E-state index contributed by atoms with van der Waals surface area (Å²) in [5.41, 5.74) is 7.06. The highest BCUT2D eigenvalue weighted by atomic mass is 79.9. The SMILES string of the molecule is Nc1nc2cc(F)c(Cl)cc2n1-c1c(Cl)cc(F)cc1Br. The van der Waals surface area contributed by atoms with E-state index in [2.05, 4.69) is 20.9 Å². The second kappa shape index (κ2) is 5.12. The van der Waals surface area contributed by atoms with Crippen molar-refractivity contribution in [3.05, 3.63) is 50.4 Å². The van der Waals surface area contributed by atoms with Crippen LogP contribution < -0.4 is 5.73 Å². The fourth-order valence-corrected chi connectivity index (χ4v) is 3.25. The number of anilines is 1. The molecular formula is C13H6BrCl2F2N3. The van der Waals surface area contributed by atoms with Crippen molar-refractivity contribution in [3.63, 3.8) is 0 Å². The lowest BCUT2D eigenvalue weighted by Gasteiger charge is -2.11. The minimum absolute atomic E-state index is 0.0713. The molecule has 0 saturated carbocycles. The van der Waals surface area contributed by atoms with Gasteiger partial charge in [0.25, 0.3) is 0 Å². The van der Waals surface area contributed by atoms with E-state index in [4.69, 9.17) is 28.9 Å². The van der Waals surface area contributed by atoms with E-state index in [0.29, 0.717) is 21.2 Å². The molecule has 0 aliphatic heterocycles. The molecular weight excluding hydrogens is 387 g/mol. The molecule has 21 heavy (non-hydrogen) atoms. The molecule has 0 aliphatic carbocycles. The monoisotopic (exact) mass is 391 g/mol. The van der Waals surface area contributed by atoms with Gasteiger partial charge in [-0.3, -0.25) is 4.57 Å². The van der Waals surface area contributed by atoms with Gasteiger partial charge in [-0.2, -0.15) is 0 Å². The highest BCUT2D eigenvalue weighted by Gasteiger charge is 2.18. The smallest absolute Gasteiger partial charge is 0.206 e. The van der Waals surface area contributed by atoms with Gasteiger partial charge in [-0.05, 0) is 34.1 Å². The van der Waals surface area contributed by atoms with Gasteiger partial charge in [0, 0.05) is 10.5 Å². The normalized spacial score (nSPS) is 11.3. The first-order valence-electron chi connectivity index (χ1n) is 5.66. The Labute approximate surface area is 136 Å². The topological polar surface area (TPSA) is 43.8 Å². The molecule has 1 aromatic heterocycles. The number of nitrogens with two attached hydrogens (primary N) is 1. The Bertz CT molecular complexity index is 856. The number of rotatable bonds is 1. The van der Waals surface area contributed by atoms with Crippen LogP contribution in [0.3, 0.4) is 0 Å². The van der Waals surface area contributed by atoms with Crippen LogP contribution in [0.15, 0.2) is 28.7 Å². The van der Waals surface area contributed by atoms with Crippen molar-refractivity contribution in [1.82, 2.24) is 9.55 Å². The van der Waals surface area contributed by atoms with Crippen LogP contribution in [0.5, 0.6) is 0 Å². The van der Waals surface area contributed by atoms with Gasteiger partial charge >= 0.3 is 0 Å². The molecule has 0 aliphatic rings. The molecule has 3 aromatic rings. The van der Waals surface area contributed by atoms with E-state index in [0.717, 1.165) is 6.07 Å². The lowest BCUT2D eigenvalue weighted by Crippen LogP contribution is -2.03. The maximum absolute atomic E-state index is 13.5. The average Bonchev–Trinajstić information content (AvgIpc) is 2.66. The molecule has 0 fully saturated rings. The second-order valence-electron chi connectivity index (χ2n) is 4.28. The number of halogens is 5. The molecule has 8 heteroatoms. The zero-order valence-corrected chi connectivity index (χ0v) is 13.3. The summed E-state index contributed by atoms with van der Waals surface area (Å²) in [6.07, 6.45) is 0. The minimum Gasteiger partial charge on any atom is -0.369 e. The Hall–Kier alpha value is -1.37. The van der Waals surface area contributed by atoms with E-state index in [1.54, 1.807) is 0 Å². The lowest BCUT2D eigenvalue weighted by atomic mass is 10.2. The quantitative estimate of drug-likeness (QED) is 0.636. The van der Waals surface area contributed by atoms with E-state index >= 15 is 0 Å². The highest BCUT2D eigenvalue weighted by molar-refractivity contribution is 9.10. The zero-order valence-electron chi connectivity index (χ0n) is 10.2. The highest BCUT2D eigenvalue weighted by Crippen LogP contribution is 2.35. The zero-order chi connectivity index (χ0) is 15.3. The van der Waals surface area contributed by atoms with E-state index in [9.17, 15) is 8.78 Å². The first-order chi connectivity index (χ1) is 9.88. The Morgan fingerprint density at radius 3 is 2.48 bits per heavy atom. The van der Waals surface area contributed by atoms with Crippen molar-refractivity contribution in [1.29, 1.82) is 0 Å². The summed E-state index contributed by atoms with van der Waals surface area (Å²) in [4.78, 5) is 4.06. The predicted octanol–water partition coefficient (Wildman–Crippen LogP) is 4.96. The van der Waals surface area contributed by atoms with Gasteiger partial charge in [0.05, 0.1) is 26.8 Å². The van der Waals surface area contributed by atoms with Gasteiger partial charge in [-0.25, -0.2) is 13.8 Å². The second-order valence-corrected chi connectivity index (χ2v) is 5.95. The molecule has 0 radical (unpaired) electrons. The number of hydrogen-bond acceptors (Lipinski definition) is 2. The van der Waals surface area contributed by atoms with Crippen LogP contribution in [0.25, 0.3) is 16.7 Å². The summed E-state index contributed by atoms with van der Waals surface area (Å²) < 4.78 is 28.7. The van der Waals surface area contributed by atoms with E-state index in [-0.39, 0.29) is 16.0 Å². The fourth-order valence-electron chi connectivity index (χ4n) is 2.07. The van der Waals surface area contributed by atoms with Crippen LogP contribution in [-0.2, 0) is 0 Å². The Balaban J connectivity index is 2.41. The molecule has 0 atom stereocenters. The first-order valence-corrected chi connectivity index (χ1v) is 7.21. The summed E-state index contributed by atoms with van der Waals surface area (Å²) in [5.74, 6) is -1.01. The van der Waals surface area contributed by atoms with Crippen LogP contribution in [-0.4, -0.2) is 9.55 Å². The van der Waals surface area contributed by atoms with Gasteiger partial charge in [0.15, 0.2) is 0 Å². The molecule has 0 bridgehead atoms. The number of fused-ring (bicyclic) bond motifs is 1. The van der Waals surface area contributed by atoms with Crippen molar-refractivity contribution in [2.75, 3.05) is 5.73 Å². The van der Waals surface area contributed by atoms with Crippen LogP contribution in [0, 0.1) is 11.6 Å². The summed E-state index contributed by atoms with van der Waals surface area (Å²) in [6.45, 7) is 0. The fraction of sp³-hybridized carbons (Fsp3) is 0. The third-order valence-corrected chi connectivity index (χ3v) is 4.11. The molecule has 0 spiro atoms. The molecule has 1 heterocycles. The first kappa shape index (κ1) is 14.6. The number of nitrogen functional groups attached to an aromatic ring is 1. The van der Waals surface area contributed by atoms with E-state index in [1.807, 2.05) is 0 Å². The number of nitrogens with zero attached hydrogens (tertiary/aromatic N) is 2. The molecule has 0 unspecified atom stereocenters. The van der Waals surface area contributed by atoms with Crippen molar-refractivity contribution in [3.8, 4) is 5.69 Å².